The second-order valence-electron chi connectivity index (χ2n) is 2.84. The van der Waals surface area contributed by atoms with Gasteiger partial charge in [-0.3, -0.25) is 0 Å². The fraction of sp³-hybridized carbons (Fsp3) is 0.273. The Hall–Kier alpha value is -1.42. The van der Waals surface area contributed by atoms with Crippen molar-refractivity contribution >= 4 is 0 Å². The molecule has 1 heteroatoms. The summed E-state index contributed by atoms with van der Waals surface area (Å²) >= 11 is 0. The van der Waals surface area contributed by atoms with Gasteiger partial charge in [0.1, 0.15) is 5.75 Å². The molecule has 0 unspecified atom stereocenters. The van der Waals surface area contributed by atoms with Crippen molar-refractivity contribution < 1.29 is 4.74 Å². The second kappa shape index (κ2) is 3.82. The molecular formula is C11H12O. The van der Waals surface area contributed by atoms with Crippen molar-refractivity contribution in [2.24, 2.45) is 0 Å². The van der Waals surface area contributed by atoms with Gasteiger partial charge in [-0.1, -0.05) is 12.0 Å². The molecule has 1 nitrogen and oxygen atoms in total. The van der Waals surface area contributed by atoms with E-state index in [1.807, 2.05) is 38.1 Å². The van der Waals surface area contributed by atoms with Crippen molar-refractivity contribution in [3.05, 3.63) is 29.8 Å². The number of benzene rings is 1. The number of hydrogen-bond donors (Lipinski definition) is 0. The van der Waals surface area contributed by atoms with Crippen molar-refractivity contribution in [1.82, 2.24) is 0 Å². The third-order valence-electron chi connectivity index (χ3n) is 1.37. The molecule has 0 fully saturated rings. The average Bonchev–Trinajstić information content (AvgIpc) is 2.03. The normalized spacial score (nSPS) is 9.50. The first-order chi connectivity index (χ1) is 5.72. The average molecular weight is 160 g/mol. The van der Waals surface area contributed by atoms with E-state index < -0.39 is 0 Å². The van der Waals surface area contributed by atoms with E-state index in [-0.39, 0.29) is 6.10 Å². The van der Waals surface area contributed by atoms with Crippen LogP contribution in [-0.4, -0.2) is 6.10 Å². The standard InChI is InChI=1S/C11H12O/c1-4-10-6-5-7-11(8-10)12-9(2)3/h1,5-9H,2-3H3. The summed E-state index contributed by atoms with van der Waals surface area (Å²) in [5, 5.41) is 0. The SMILES string of the molecule is C#Cc1cccc(OC(C)C)c1. The first kappa shape index (κ1) is 8.67. The van der Waals surface area contributed by atoms with Gasteiger partial charge < -0.3 is 4.74 Å². The summed E-state index contributed by atoms with van der Waals surface area (Å²) in [6.07, 6.45) is 5.44. The molecular weight excluding hydrogens is 148 g/mol. The lowest BCUT2D eigenvalue weighted by atomic mass is 10.2. The Labute approximate surface area is 73.4 Å². The van der Waals surface area contributed by atoms with Crippen LogP contribution >= 0.6 is 0 Å². The molecule has 0 aliphatic carbocycles. The maximum atomic E-state index is 5.46. The van der Waals surface area contributed by atoms with Crippen LogP contribution in [0.3, 0.4) is 0 Å². The molecule has 1 rings (SSSR count). The minimum absolute atomic E-state index is 0.193. The van der Waals surface area contributed by atoms with Gasteiger partial charge in [0, 0.05) is 5.56 Å². The quantitative estimate of drug-likeness (QED) is 0.604. The zero-order valence-corrected chi connectivity index (χ0v) is 7.37. The molecule has 0 aromatic heterocycles. The van der Waals surface area contributed by atoms with Gasteiger partial charge in [-0.15, -0.1) is 6.42 Å². The third-order valence-corrected chi connectivity index (χ3v) is 1.37. The highest BCUT2D eigenvalue weighted by atomic mass is 16.5. The molecule has 0 heterocycles. The monoisotopic (exact) mass is 160 g/mol. The predicted octanol–water partition coefficient (Wildman–Crippen LogP) is 2.46. The Kier molecular flexibility index (Phi) is 2.76. The fourth-order valence-corrected chi connectivity index (χ4v) is 0.931. The van der Waals surface area contributed by atoms with Gasteiger partial charge in [0.15, 0.2) is 0 Å². The summed E-state index contributed by atoms with van der Waals surface area (Å²) in [4.78, 5) is 0. The third kappa shape index (κ3) is 2.32. The Morgan fingerprint density at radius 3 is 2.75 bits per heavy atom. The number of hydrogen-bond acceptors (Lipinski definition) is 1. The van der Waals surface area contributed by atoms with Crippen molar-refractivity contribution in [3.63, 3.8) is 0 Å². The molecule has 0 spiro atoms. The molecule has 0 saturated carbocycles. The molecule has 0 radical (unpaired) electrons. The van der Waals surface area contributed by atoms with Crippen LogP contribution in [0.5, 0.6) is 5.75 Å². The maximum absolute atomic E-state index is 5.46. The van der Waals surface area contributed by atoms with E-state index in [1.54, 1.807) is 0 Å². The Morgan fingerprint density at radius 1 is 1.42 bits per heavy atom. The van der Waals surface area contributed by atoms with Gasteiger partial charge in [0.05, 0.1) is 6.10 Å². The first-order valence-electron chi connectivity index (χ1n) is 3.95. The Balaban J connectivity index is 2.81. The lowest BCUT2D eigenvalue weighted by Crippen LogP contribution is -2.05. The largest absolute Gasteiger partial charge is 0.491 e. The number of ether oxygens (including phenoxy) is 1. The molecule has 1 aromatic rings. The van der Waals surface area contributed by atoms with Gasteiger partial charge in [-0.05, 0) is 32.0 Å². The minimum atomic E-state index is 0.193. The van der Waals surface area contributed by atoms with E-state index in [9.17, 15) is 0 Å². The van der Waals surface area contributed by atoms with Crippen molar-refractivity contribution in [1.29, 1.82) is 0 Å². The summed E-state index contributed by atoms with van der Waals surface area (Å²) in [5.74, 6) is 3.39. The fourth-order valence-electron chi connectivity index (χ4n) is 0.931. The zero-order valence-electron chi connectivity index (χ0n) is 7.37. The second-order valence-corrected chi connectivity index (χ2v) is 2.84. The molecule has 0 N–H and O–H groups in total. The molecule has 62 valence electrons. The molecule has 0 atom stereocenters. The summed E-state index contributed by atoms with van der Waals surface area (Å²) in [6.45, 7) is 3.98. The first-order valence-corrected chi connectivity index (χ1v) is 3.95. The molecule has 12 heavy (non-hydrogen) atoms. The lowest BCUT2D eigenvalue weighted by Gasteiger charge is -2.09. The molecule has 0 bridgehead atoms. The molecule has 0 aliphatic rings. The minimum Gasteiger partial charge on any atom is -0.491 e. The van der Waals surface area contributed by atoms with E-state index in [1.165, 1.54) is 0 Å². The molecule has 0 amide bonds. The highest BCUT2D eigenvalue weighted by molar-refractivity contribution is 5.38. The van der Waals surface area contributed by atoms with E-state index >= 15 is 0 Å². The van der Waals surface area contributed by atoms with Gasteiger partial charge in [0.25, 0.3) is 0 Å². The van der Waals surface area contributed by atoms with E-state index in [0.717, 1.165) is 11.3 Å². The van der Waals surface area contributed by atoms with Crippen molar-refractivity contribution in [2.45, 2.75) is 20.0 Å². The lowest BCUT2D eigenvalue weighted by molar-refractivity contribution is 0.242. The molecule has 0 aliphatic heterocycles. The van der Waals surface area contributed by atoms with Gasteiger partial charge >= 0.3 is 0 Å². The van der Waals surface area contributed by atoms with Crippen LogP contribution < -0.4 is 4.74 Å². The summed E-state index contributed by atoms with van der Waals surface area (Å²) < 4.78 is 5.46. The molecule has 0 saturated heterocycles. The van der Waals surface area contributed by atoms with Gasteiger partial charge in [-0.2, -0.15) is 0 Å². The van der Waals surface area contributed by atoms with Crippen LogP contribution in [0.15, 0.2) is 24.3 Å². The van der Waals surface area contributed by atoms with Crippen LogP contribution in [0.1, 0.15) is 19.4 Å². The van der Waals surface area contributed by atoms with Gasteiger partial charge in [0.2, 0.25) is 0 Å². The van der Waals surface area contributed by atoms with Crippen LogP contribution in [0.4, 0.5) is 0 Å². The van der Waals surface area contributed by atoms with Crippen molar-refractivity contribution in [2.75, 3.05) is 0 Å². The predicted molar refractivity (Wildman–Crippen MR) is 50.1 cm³/mol. The van der Waals surface area contributed by atoms with E-state index in [0.29, 0.717) is 0 Å². The highest BCUT2D eigenvalue weighted by Gasteiger charge is 1.96. The van der Waals surface area contributed by atoms with Crippen molar-refractivity contribution in [3.8, 4) is 18.1 Å². The Bertz CT molecular complexity index is 294. The van der Waals surface area contributed by atoms with Crippen LogP contribution in [0, 0.1) is 12.3 Å². The number of terminal acetylenes is 1. The van der Waals surface area contributed by atoms with Crippen LogP contribution in [0.25, 0.3) is 0 Å². The van der Waals surface area contributed by atoms with Crippen LogP contribution in [0.2, 0.25) is 0 Å². The van der Waals surface area contributed by atoms with E-state index in [2.05, 4.69) is 5.92 Å². The summed E-state index contributed by atoms with van der Waals surface area (Å²) in [7, 11) is 0. The summed E-state index contributed by atoms with van der Waals surface area (Å²) in [6, 6.07) is 7.54. The van der Waals surface area contributed by atoms with Gasteiger partial charge in [-0.25, -0.2) is 0 Å². The highest BCUT2D eigenvalue weighted by Crippen LogP contribution is 2.13. The van der Waals surface area contributed by atoms with Crippen LogP contribution in [-0.2, 0) is 0 Å². The summed E-state index contributed by atoms with van der Waals surface area (Å²) in [5.41, 5.74) is 0.855. The number of rotatable bonds is 2. The molecule has 1 aromatic carbocycles. The topological polar surface area (TPSA) is 9.23 Å². The zero-order chi connectivity index (χ0) is 8.97. The smallest absolute Gasteiger partial charge is 0.120 e. The van der Waals surface area contributed by atoms with E-state index in [4.69, 9.17) is 11.2 Å². The maximum Gasteiger partial charge on any atom is 0.120 e. The Morgan fingerprint density at radius 2 is 2.17 bits per heavy atom.